The van der Waals surface area contributed by atoms with Gasteiger partial charge in [-0.25, -0.2) is 0 Å². The summed E-state index contributed by atoms with van der Waals surface area (Å²) in [5.41, 5.74) is 0.130. The summed E-state index contributed by atoms with van der Waals surface area (Å²) in [5.74, 6) is -0.112. The number of hydrogen-bond acceptors (Lipinski definition) is 3. The minimum absolute atomic E-state index is 0.0647. The summed E-state index contributed by atoms with van der Waals surface area (Å²) < 4.78 is 0. The lowest BCUT2D eigenvalue weighted by atomic mass is 9.99. The van der Waals surface area contributed by atoms with Gasteiger partial charge in [-0.2, -0.15) is 11.8 Å². The van der Waals surface area contributed by atoms with Crippen LogP contribution in [0, 0.1) is 0 Å². The molecule has 16 heavy (non-hydrogen) atoms. The van der Waals surface area contributed by atoms with Crippen LogP contribution in [0.1, 0.15) is 22.8 Å². The Morgan fingerprint density at radius 3 is 2.69 bits per heavy atom. The van der Waals surface area contributed by atoms with Gasteiger partial charge in [0.25, 0.3) is 5.91 Å². The van der Waals surface area contributed by atoms with E-state index in [1.54, 1.807) is 24.9 Å². The molecule has 0 fully saturated rings. The molecule has 4 heteroatoms. The van der Waals surface area contributed by atoms with Crippen LogP contribution in [0.25, 0.3) is 0 Å². The fourth-order valence-electron chi connectivity index (χ4n) is 2.16. The normalized spacial score (nSPS) is 25.8. The Hall–Kier alpha value is -1.00. The SMILES string of the molecule is CSC(C)[C@]1(O)c2ccccc2C(=O)N1C. The first-order chi connectivity index (χ1) is 7.53. The second kappa shape index (κ2) is 3.79. The maximum absolute atomic E-state index is 12.0. The van der Waals surface area contributed by atoms with Crippen molar-refractivity contribution in [3.8, 4) is 0 Å². The van der Waals surface area contributed by atoms with Gasteiger partial charge in [0.1, 0.15) is 0 Å². The van der Waals surface area contributed by atoms with Crippen molar-refractivity contribution in [2.24, 2.45) is 0 Å². The number of hydrogen-bond donors (Lipinski definition) is 1. The third-order valence-corrected chi connectivity index (χ3v) is 4.33. The smallest absolute Gasteiger partial charge is 0.256 e. The van der Waals surface area contributed by atoms with E-state index >= 15 is 0 Å². The van der Waals surface area contributed by atoms with Gasteiger partial charge in [0.05, 0.1) is 5.25 Å². The van der Waals surface area contributed by atoms with Crippen LogP contribution < -0.4 is 0 Å². The molecule has 1 aromatic rings. The van der Waals surface area contributed by atoms with Gasteiger partial charge in [0.15, 0.2) is 5.72 Å². The van der Waals surface area contributed by atoms with Crippen molar-refractivity contribution in [3.63, 3.8) is 0 Å². The molecule has 0 saturated heterocycles. The lowest BCUT2D eigenvalue weighted by Gasteiger charge is -2.36. The molecule has 0 spiro atoms. The number of rotatable bonds is 2. The Labute approximate surface area is 99.5 Å². The van der Waals surface area contributed by atoms with Gasteiger partial charge in [-0.1, -0.05) is 18.2 Å². The van der Waals surface area contributed by atoms with E-state index in [1.807, 2.05) is 31.4 Å². The zero-order valence-electron chi connectivity index (χ0n) is 9.60. The van der Waals surface area contributed by atoms with Crippen LogP contribution in [-0.2, 0) is 5.72 Å². The largest absolute Gasteiger partial charge is 0.366 e. The number of fused-ring (bicyclic) bond motifs is 1. The number of nitrogens with zero attached hydrogens (tertiary/aromatic N) is 1. The van der Waals surface area contributed by atoms with Crippen LogP contribution in [0.2, 0.25) is 0 Å². The fraction of sp³-hybridized carbons (Fsp3) is 0.417. The minimum Gasteiger partial charge on any atom is -0.366 e. The summed E-state index contributed by atoms with van der Waals surface area (Å²) in [4.78, 5) is 13.4. The van der Waals surface area contributed by atoms with E-state index in [4.69, 9.17) is 0 Å². The molecule has 1 aromatic carbocycles. The number of benzene rings is 1. The molecule has 2 atom stereocenters. The van der Waals surface area contributed by atoms with E-state index in [0.717, 1.165) is 0 Å². The molecule has 1 aliphatic rings. The summed E-state index contributed by atoms with van der Waals surface area (Å²) in [6.45, 7) is 1.93. The van der Waals surface area contributed by atoms with Gasteiger partial charge in [-0.05, 0) is 19.2 Å². The fourth-order valence-corrected chi connectivity index (χ4v) is 2.78. The second-order valence-corrected chi connectivity index (χ2v) is 5.19. The Balaban J connectivity index is 2.60. The van der Waals surface area contributed by atoms with Gasteiger partial charge in [0, 0.05) is 18.2 Å². The van der Waals surface area contributed by atoms with Crippen molar-refractivity contribution >= 4 is 17.7 Å². The number of carbonyl (C=O) groups excluding carboxylic acids is 1. The first kappa shape index (κ1) is 11.5. The van der Waals surface area contributed by atoms with Gasteiger partial charge < -0.3 is 10.0 Å². The standard InChI is InChI=1S/C12H15NO2S/c1-8(16-3)12(15)10-7-5-4-6-9(10)11(14)13(12)2/h4-8,15H,1-3H3/t8?,12-/m0/s1. The summed E-state index contributed by atoms with van der Waals surface area (Å²) in [6.07, 6.45) is 1.93. The van der Waals surface area contributed by atoms with Gasteiger partial charge in [0.2, 0.25) is 0 Å². The zero-order chi connectivity index (χ0) is 11.9. The molecule has 0 bridgehead atoms. The maximum atomic E-state index is 12.0. The van der Waals surface area contributed by atoms with Crippen LogP contribution in [0.5, 0.6) is 0 Å². The van der Waals surface area contributed by atoms with Crippen molar-refractivity contribution in [3.05, 3.63) is 35.4 Å². The van der Waals surface area contributed by atoms with Crippen LogP contribution >= 0.6 is 11.8 Å². The first-order valence-corrected chi connectivity index (χ1v) is 6.45. The molecular formula is C12H15NO2S. The Kier molecular flexibility index (Phi) is 2.72. The molecule has 1 amide bonds. The van der Waals surface area contributed by atoms with Crippen LogP contribution in [-0.4, -0.2) is 34.5 Å². The van der Waals surface area contributed by atoms with Crippen LogP contribution in [0.15, 0.2) is 24.3 Å². The van der Waals surface area contributed by atoms with Crippen molar-refractivity contribution in [1.82, 2.24) is 4.90 Å². The van der Waals surface area contributed by atoms with Crippen molar-refractivity contribution in [2.45, 2.75) is 17.9 Å². The van der Waals surface area contributed by atoms with Gasteiger partial charge in [-0.3, -0.25) is 4.79 Å². The molecule has 1 N–H and O–H groups in total. The highest BCUT2D eigenvalue weighted by Gasteiger charge is 2.49. The molecule has 86 valence electrons. The Morgan fingerprint density at radius 1 is 1.44 bits per heavy atom. The summed E-state index contributed by atoms with van der Waals surface area (Å²) in [7, 11) is 1.65. The van der Waals surface area contributed by atoms with Crippen LogP contribution in [0.3, 0.4) is 0 Å². The number of amides is 1. The maximum Gasteiger partial charge on any atom is 0.256 e. The van der Waals surface area contributed by atoms with Gasteiger partial charge >= 0.3 is 0 Å². The zero-order valence-corrected chi connectivity index (χ0v) is 10.4. The highest BCUT2D eigenvalue weighted by molar-refractivity contribution is 7.99. The summed E-state index contributed by atoms with van der Waals surface area (Å²) in [6, 6.07) is 7.26. The van der Waals surface area contributed by atoms with Crippen LogP contribution in [0.4, 0.5) is 0 Å². The van der Waals surface area contributed by atoms with Crippen molar-refractivity contribution < 1.29 is 9.90 Å². The molecule has 0 saturated carbocycles. The quantitative estimate of drug-likeness (QED) is 0.850. The lowest BCUT2D eigenvalue weighted by molar-refractivity contribution is -0.0698. The molecule has 1 heterocycles. The van der Waals surface area contributed by atoms with E-state index in [2.05, 4.69) is 0 Å². The summed E-state index contributed by atoms with van der Waals surface area (Å²) >= 11 is 1.55. The third-order valence-electron chi connectivity index (χ3n) is 3.29. The molecule has 0 radical (unpaired) electrons. The lowest BCUT2D eigenvalue weighted by Crippen LogP contribution is -2.47. The molecule has 3 nitrogen and oxygen atoms in total. The third kappa shape index (κ3) is 1.30. The molecule has 1 aliphatic heterocycles. The highest BCUT2D eigenvalue weighted by Crippen LogP contribution is 2.41. The van der Waals surface area contributed by atoms with Crippen molar-refractivity contribution in [1.29, 1.82) is 0 Å². The minimum atomic E-state index is -1.19. The average Bonchev–Trinajstić information content (AvgIpc) is 2.52. The Bertz CT molecular complexity index is 435. The van der Waals surface area contributed by atoms with E-state index in [9.17, 15) is 9.90 Å². The first-order valence-electron chi connectivity index (χ1n) is 5.16. The molecule has 0 aromatic heterocycles. The molecular weight excluding hydrogens is 222 g/mol. The Morgan fingerprint density at radius 2 is 2.06 bits per heavy atom. The second-order valence-electron chi connectivity index (χ2n) is 4.01. The van der Waals surface area contributed by atoms with E-state index < -0.39 is 5.72 Å². The molecule has 0 aliphatic carbocycles. The topological polar surface area (TPSA) is 40.5 Å². The van der Waals surface area contributed by atoms with E-state index in [0.29, 0.717) is 11.1 Å². The molecule has 2 rings (SSSR count). The predicted molar refractivity (Wildman–Crippen MR) is 65.4 cm³/mol. The van der Waals surface area contributed by atoms with E-state index in [1.165, 1.54) is 4.90 Å². The number of carbonyl (C=O) groups is 1. The molecule has 1 unspecified atom stereocenters. The van der Waals surface area contributed by atoms with Crippen molar-refractivity contribution in [2.75, 3.05) is 13.3 Å². The predicted octanol–water partition coefficient (Wildman–Crippen LogP) is 1.67. The average molecular weight is 237 g/mol. The van der Waals surface area contributed by atoms with Gasteiger partial charge in [-0.15, -0.1) is 0 Å². The number of aliphatic hydroxyl groups is 1. The number of thioether (sulfide) groups is 1. The highest BCUT2D eigenvalue weighted by atomic mass is 32.2. The summed E-state index contributed by atoms with van der Waals surface area (Å²) in [5, 5.41) is 10.7. The van der Waals surface area contributed by atoms with E-state index in [-0.39, 0.29) is 11.2 Å². The monoisotopic (exact) mass is 237 g/mol.